The fourth-order valence-electron chi connectivity index (χ4n) is 2.49. The number of carbonyl (C=O) groups excluding carboxylic acids is 1. The van der Waals surface area contributed by atoms with E-state index in [0.717, 1.165) is 6.26 Å². The van der Waals surface area contributed by atoms with E-state index in [9.17, 15) is 18.0 Å². The monoisotopic (exact) mass is 326 g/mol. The Kier molecular flexibility index (Phi) is 4.70. The summed E-state index contributed by atoms with van der Waals surface area (Å²) in [6.45, 7) is 0.721. The highest BCUT2D eigenvalue weighted by molar-refractivity contribution is 7.92. The quantitative estimate of drug-likeness (QED) is 0.818. The lowest BCUT2D eigenvalue weighted by Crippen LogP contribution is -2.39. The van der Waals surface area contributed by atoms with E-state index in [-0.39, 0.29) is 11.7 Å². The van der Waals surface area contributed by atoms with Crippen LogP contribution < -0.4 is 4.72 Å². The molecule has 0 aliphatic carbocycles. The lowest BCUT2D eigenvalue weighted by atomic mass is 9.89. The molecule has 8 heteroatoms. The molecule has 1 fully saturated rings. The molecule has 0 aromatic heterocycles. The second-order valence-corrected chi connectivity index (χ2v) is 7.11. The number of nitrogens with zero attached hydrogens (tertiary/aromatic N) is 1. The Morgan fingerprint density at radius 3 is 2.18 bits per heavy atom. The highest BCUT2D eigenvalue weighted by atomic mass is 32.2. The first-order valence-corrected chi connectivity index (χ1v) is 8.75. The van der Waals surface area contributed by atoms with Gasteiger partial charge in [0.1, 0.15) is 0 Å². The van der Waals surface area contributed by atoms with Gasteiger partial charge in [-0.05, 0) is 37.1 Å². The third-order valence-corrected chi connectivity index (χ3v) is 4.22. The third kappa shape index (κ3) is 4.20. The van der Waals surface area contributed by atoms with Crippen molar-refractivity contribution in [2.75, 3.05) is 24.1 Å². The van der Waals surface area contributed by atoms with Crippen LogP contribution in [-0.4, -0.2) is 49.6 Å². The predicted octanol–water partition coefficient (Wildman–Crippen LogP) is 1.63. The molecule has 1 heterocycles. The number of nitrogens with one attached hydrogen (secondary N) is 1. The van der Waals surface area contributed by atoms with Crippen LogP contribution in [0.2, 0.25) is 0 Å². The average Bonchev–Trinajstić information content (AvgIpc) is 2.46. The average molecular weight is 326 g/mol. The molecule has 1 aromatic carbocycles. The van der Waals surface area contributed by atoms with E-state index in [0.29, 0.717) is 37.2 Å². The highest BCUT2D eigenvalue weighted by Gasteiger charge is 2.27. The minimum absolute atomic E-state index is 0.0315. The van der Waals surface area contributed by atoms with Crippen molar-refractivity contribution >= 4 is 27.6 Å². The molecule has 2 N–H and O–H groups in total. The molecule has 1 aromatic rings. The predicted molar refractivity (Wildman–Crippen MR) is 81.6 cm³/mol. The Bertz CT molecular complexity index is 661. The number of benzene rings is 1. The fraction of sp³-hybridized carbons (Fsp3) is 0.429. The molecule has 1 amide bonds. The molecule has 2 rings (SSSR count). The van der Waals surface area contributed by atoms with Crippen molar-refractivity contribution in [1.82, 2.24) is 4.90 Å². The van der Waals surface area contributed by atoms with Crippen molar-refractivity contribution in [2.24, 2.45) is 5.92 Å². The molecule has 0 unspecified atom stereocenters. The maximum atomic E-state index is 12.4. The summed E-state index contributed by atoms with van der Waals surface area (Å²) in [7, 11) is -3.34. The molecule has 22 heavy (non-hydrogen) atoms. The SMILES string of the molecule is CS(=O)(=O)Nc1ccc(C(=O)C2CCN(C(=O)O)CC2)cc1. The Labute approximate surface area is 129 Å². The van der Waals surface area contributed by atoms with E-state index in [1.807, 2.05) is 0 Å². The molecule has 7 nitrogen and oxygen atoms in total. The zero-order valence-electron chi connectivity index (χ0n) is 12.2. The molecular formula is C14H18N2O5S. The normalized spacial score (nSPS) is 16.3. The number of hydrogen-bond acceptors (Lipinski definition) is 4. The Hall–Kier alpha value is -2.09. The smallest absolute Gasteiger partial charge is 0.407 e. The van der Waals surface area contributed by atoms with Gasteiger partial charge in [0, 0.05) is 30.3 Å². The maximum absolute atomic E-state index is 12.4. The van der Waals surface area contributed by atoms with Crippen LogP contribution in [0.3, 0.4) is 0 Å². The minimum Gasteiger partial charge on any atom is -0.465 e. The summed E-state index contributed by atoms with van der Waals surface area (Å²) in [4.78, 5) is 24.5. The number of sulfonamides is 1. The zero-order chi connectivity index (χ0) is 16.3. The van der Waals surface area contributed by atoms with Gasteiger partial charge in [0.05, 0.1) is 6.26 Å². The number of carboxylic acid groups (broad SMARTS) is 1. The van der Waals surface area contributed by atoms with E-state index in [1.54, 1.807) is 24.3 Å². The van der Waals surface area contributed by atoms with Gasteiger partial charge in [0.25, 0.3) is 0 Å². The first-order valence-electron chi connectivity index (χ1n) is 6.86. The third-order valence-electron chi connectivity index (χ3n) is 3.61. The lowest BCUT2D eigenvalue weighted by Gasteiger charge is -2.29. The van der Waals surface area contributed by atoms with Crippen LogP contribution in [0.4, 0.5) is 10.5 Å². The van der Waals surface area contributed by atoms with Crippen molar-refractivity contribution in [1.29, 1.82) is 0 Å². The van der Waals surface area contributed by atoms with Crippen LogP contribution in [0.15, 0.2) is 24.3 Å². The van der Waals surface area contributed by atoms with E-state index < -0.39 is 16.1 Å². The molecule has 1 saturated heterocycles. The Morgan fingerprint density at radius 1 is 1.18 bits per heavy atom. The van der Waals surface area contributed by atoms with Gasteiger partial charge < -0.3 is 10.0 Å². The molecular weight excluding hydrogens is 308 g/mol. The molecule has 0 atom stereocenters. The van der Waals surface area contributed by atoms with Crippen LogP contribution in [-0.2, 0) is 10.0 Å². The van der Waals surface area contributed by atoms with E-state index >= 15 is 0 Å². The number of ketones is 1. The van der Waals surface area contributed by atoms with Crippen molar-refractivity contribution in [3.8, 4) is 0 Å². The molecule has 0 saturated carbocycles. The minimum atomic E-state index is -3.34. The number of hydrogen-bond donors (Lipinski definition) is 2. The van der Waals surface area contributed by atoms with Crippen LogP contribution in [0, 0.1) is 5.92 Å². The lowest BCUT2D eigenvalue weighted by molar-refractivity contribution is 0.0821. The molecule has 0 bridgehead atoms. The van der Waals surface area contributed by atoms with Gasteiger partial charge >= 0.3 is 6.09 Å². The van der Waals surface area contributed by atoms with E-state index in [2.05, 4.69) is 4.72 Å². The number of carbonyl (C=O) groups is 2. The first kappa shape index (κ1) is 16.3. The van der Waals surface area contributed by atoms with Crippen molar-refractivity contribution in [3.63, 3.8) is 0 Å². The van der Waals surface area contributed by atoms with Crippen LogP contribution in [0.25, 0.3) is 0 Å². The summed E-state index contributed by atoms with van der Waals surface area (Å²) in [5.41, 5.74) is 0.910. The number of likely N-dealkylation sites (tertiary alicyclic amines) is 1. The molecule has 120 valence electrons. The molecule has 0 spiro atoms. The van der Waals surface area contributed by atoms with Crippen LogP contribution in [0.1, 0.15) is 23.2 Å². The molecule has 0 radical (unpaired) electrons. The van der Waals surface area contributed by atoms with E-state index in [1.165, 1.54) is 4.90 Å². The van der Waals surface area contributed by atoms with Gasteiger partial charge in [-0.1, -0.05) is 0 Å². The summed E-state index contributed by atoms with van der Waals surface area (Å²) in [6.07, 6.45) is 1.12. The fourth-order valence-corrected chi connectivity index (χ4v) is 3.05. The summed E-state index contributed by atoms with van der Waals surface area (Å²) >= 11 is 0. The molecule has 1 aliphatic heterocycles. The maximum Gasteiger partial charge on any atom is 0.407 e. The summed E-state index contributed by atoms with van der Waals surface area (Å²) in [6, 6.07) is 6.25. The van der Waals surface area contributed by atoms with E-state index in [4.69, 9.17) is 5.11 Å². The number of amides is 1. The van der Waals surface area contributed by atoms with Gasteiger partial charge in [-0.3, -0.25) is 9.52 Å². The Morgan fingerprint density at radius 2 is 1.73 bits per heavy atom. The van der Waals surface area contributed by atoms with Crippen LogP contribution >= 0.6 is 0 Å². The first-order chi connectivity index (χ1) is 10.3. The van der Waals surface area contributed by atoms with Crippen molar-refractivity contribution in [2.45, 2.75) is 12.8 Å². The van der Waals surface area contributed by atoms with Gasteiger partial charge in [0.15, 0.2) is 5.78 Å². The second kappa shape index (κ2) is 6.35. The van der Waals surface area contributed by atoms with Gasteiger partial charge in [-0.2, -0.15) is 0 Å². The number of Topliss-reactive ketones (excluding diaryl/α,β-unsaturated/α-hetero) is 1. The highest BCUT2D eigenvalue weighted by Crippen LogP contribution is 2.22. The zero-order valence-corrected chi connectivity index (χ0v) is 13.0. The van der Waals surface area contributed by atoms with Crippen molar-refractivity contribution in [3.05, 3.63) is 29.8 Å². The van der Waals surface area contributed by atoms with Gasteiger partial charge in [0.2, 0.25) is 10.0 Å². The number of anilines is 1. The second-order valence-electron chi connectivity index (χ2n) is 5.36. The summed E-state index contributed by atoms with van der Waals surface area (Å²) < 4.78 is 24.6. The summed E-state index contributed by atoms with van der Waals surface area (Å²) in [5.74, 6) is -0.222. The van der Waals surface area contributed by atoms with Crippen molar-refractivity contribution < 1.29 is 23.1 Å². The number of rotatable bonds is 4. The number of piperidine rings is 1. The van der Waals surface area contributed by atoms with Gasteiger partial charge in [-0.25, -0.2) is 13.2 Å². The Balaban J connectivity index is 2.00. The topological polar surface area (TPSA) is 104 Å². The summed E-state index contributed by atoms with van der Waals surface area (Å²) in [5, 5.41) is 8.89. The molecule has 1 aliphatic rings. The van der Waals surface area contributed by atoms with Gasteiger partial charge in [-0.15, -0.1) is 0 Å². The van der Waals surface area contributed by atoms with Crippen LogP contribution in [0.5, 0.6) is 0 Å². The largest absolute Gasteiger partial charge is 0.465 e. The standard InChI is InChI=1S/C14H18N2O5S/c1-22(20,21)15-12-4-2-10(3-5-12)13(17)11-6-8-16(9-7-11)14(18)19/h2-5,11,15H,6-9H2,1H3,(H,18,19).